The smallest absolute Gasteiger partial charge is 0.130 e. The molecule has 1 unspecified atom stereocenters. The summed E-state index contributed by atoms with van der Waals surface area (Å²) in [6.45, 7) is 0. The first-order valence-electron chi connectivity index (χ1n) is 23.1. The van der Waals surface area contributed by atoms with E-state index >= 15 is 0 Å². The predicted octanol–water partition coefficient (Wildman–Crippen LogP) is 16.5. The topological polar surface area (TPSA) is 19.1 Å². The standard InChI is InChI=1S/C60H42N2OS/c1-10-28-60(29-11-1)50-27-21-36(37-20-24-42-40-12-2-6-16-52(40)62(54(42)31-37)39-23-26-46-45-15-5-9-19-58(45)64-59(46)33-39)30-47(50)48-35-55-49(34-51(48)60)41-13-3-7-17-53(41)61(55)38-22-25-44-43-14-4-8-18-56(43)63-57(44)32-38/h2-9,12-24,26-27,30-35,44H,1,10-11,25,28-29H2. The second-order valence-corrected chi connectivity index (χ2v) is 19.7. The van der Waals surface area contributed by atoms with Crippen LogP contribution in [-0.4, -0.2) is 9.13 Å². The Bertz CT molecular complexity index is 3900. The SMILES string of the molecule is C1=C2Oc3ccccc3C2CC=C1n1c2ccccc2c2cc3c(cc21)-c1cc(-c2ccc4c5ccccc5n(-c5ccc6c(c5)sc5ccccc56)c4c2)ccc1C31CCCCC1. The third kappa shape index (κ3) is 4.76. The molecule has 1 saturated carbocycles. The van der Waals surface area contributed by atoms with Crippen LogP contribution in [0.5, 0.6) is 5.75 Å². The summed E-state index contributed by atoms with van der Waals surface area (Å²) in [6.07, 6.45) is 11.9. The van der Waals surface area contributed by atoms with E-state index in [1.54, 1.807) is 0 Å². The van der Waals surface area contributed by atoms with Gasteiger partial charge in [0.05, 0.1) is 22.1 Å². The van der Waals surface area contributed by atoms with Crippen LogP contribution in [0, 0.1) is 0 Å². The van der Waals surface area contributed by atoms with Crippen molar-refractivity contribution >= 4 is 80.8 Å². The Morgan fingerprint density at radius 2 is 1.17 bits per heavy atom. The Labute approximate surface area is 374 Å². The Hall–Kier alpha value is -7.14. The van der Waals surface area contributed by atoms with Crippen LogP contribution < -0.4 is 4.74 Å². The Kier molecular flexibility index (Phi) is 7.16. The molecule has 0 amide bonds. The number of hydrogen-bond donors (Lipinski definition) is 0. The van der Waals surface area contributed by atoms with Crippen molar-refractivity contribution in [3.8, 4) is 33.7 Å². The van der Waals surface area contributed by atoms with Gasteiger partial charge >= 0.3 is 0 Å². The van der Waals surface area contributed by atoms with E-state index in [0.717, 1.165) is 17.9 Å². The van der Waals surface area contributed by atoms with Gasteiger partial charge in [-0.05, 0) is 113 Å². The summed E-state index contributed by atoms with van der Waals surface area (Å²) < 4.78 is 14.2. The van der Waals surface area contributed by atoms with Gasteiger partial charge in [-0.25, -0.2) is 0 Å². The van der Waals surface area contributed by atoms with Gasteiger partial charge in [-0.2, -0.15) is 0 Å². The van der Waals surface area contributed by atoms with E-state index < -0.39 is 0 Å². The number of aromatic nitrogens is 2. The Morgan fingerprint density at radius 1 is 0.500 bits per heavy atom. The van der Waals surface area contributed by atoms with Crippen molar-refractivity contribution in [3.05, 3.63) is 198 Å². The molecule has 304 valence electrons. The quantitative estimate of drug-likeness (QED) is 0.173. The highest BCUT2D eigenvalue weighted by Crippen LogP contribution is 2.58. The minimum atomic E-state index is 0.0310. The number of rotatable bonds is 3. The van der Waals surface area contributed by atoms with Gasteiger partial charge in [0.1, 0.15) is 11.5 Å². The summed E-state index contributed by atoms with van der Waals surface area (Å²) >= 11 is 1.88. The van der Waals surface area contributed by atoms with Crippen molar-refractivity contribution in [1.29, 1.82) is 0 Å². The molecule has 4 aliphatic rings. The largest absolute Gasteiger partial charge is 0.461 e. The van der Waals surface area contributed by atoms with Crippen molar-refractivity contribution in [2.24, 2.45) is 0 Å². The van der Waals surface area contributed by atoms with E-state index in [-0.39, 0.29) is 11.3 Å². The normalized spacial score (nSPS) is 17.3. The van der Waals surface area contributed by atoms with E-state index in [1.807, 2.05) is 11.3 Å². The number of allylic oxidation sites excluding steroid dienone is 4. The molecule has 1 aliphatic heterocycles. The molecule has 1 atom stereocenters. The number of para-hydroxylation sites is 3. The van der Waals surface area contributed by atoms with Gasteiger partial charge in [-0.15, -0.1) is 11.3 Å². The third-order valence-electron chi connectivity index (χ3n) is 15.5. The van der Waals surface area contributed by atoms with Gasteiger partial charge in [0, 0.05) is 76.1 Å². The highest BCUT2D eigenvalue weighted by molar-refractivity contribution is 7.25. The van der Waals surface area contributed by atoms with Crippen molar-refractivity contribution in [2.45, 2.75) is 49.9 Å². The average molecular weight is 839 g/mol. The molecule has 11 aromatic rings. The van der Waals surface area contributed by atoms with Gasteiger partial charge in [-0.3, -0.25) is 0 Å². The fourth-order valence-corrected chi connectivity index (χ4v) is 13.7. The molecule has 64 heavy (non-hydrogen) atoms. The van der Waals surface area contributed by atoms with Crippen LogP contribution in [0.25, 0.3) is 97.4 Å². The lowest BCUT2D eigenvalue weighted by Gasteiger charge is -2.36. The molecule has 0 bridgehead atoms. The number of benzene rings is 8. The predicted molar refractivity (Wildman–Crippen MR) is 268 cm³/mol. The van der Waals surface area contributed by atoms with E-state index in [1.165, 1.54) is 146 Å². The molecule has 3 aliphatic carbocycles. The first-order chi connectivity index (χ1) is 31.7. The molecule has 3 nitrogen and oxygen atoms in total. The van der Waals surface area contributed by atoms with Crippen molar-refractivity contribution in [1.82, 2.24) is 9.13 Å². The molecule has 4 heteroatoms. The minimum Gasteiger partial charge on any atom is -0.461 e. The van der Waals surface area contributed by atoms with Crippen LogP contribution in [-0.2, 0) is 5.41 Å². The maximum atomic E-state index is 6.52. The molecule has 4 heterocycles. The minimum absolute atomic E-state index is 0.0310. The van der Waals surface area contributed by atoms with E-state index in [4.69, 9.17) is 4.74 Å². The zero-order chi connectivity index (χ0) is 41.7. The molecule has 0 saturated heterocycles. The molecule has 3 aromatic heterocycles. The number of nitrogens with zero attached hydrogens (tertiary/aromatic N) is 2. The Balaban J connectivity index is 0.912. The fourth-order valence-electron chi connectivity index (χ4n) is 12.6. The van der Waals surface area contributed by atoms with Crippen LogP contribution in [0.1, 0.15) is 61.1 Å². The number of thiophene rings is 1. The molecular formula is C60H42N2OS. The lowest BCUT2D eigenvalue weighted by molar-refractivity contribution is 0.353. The van der Waals surface area contributed by atoms with Crippen LogP contribution in [0.3, 0.4) is 0 Å². The molecule has 8 aromatic carbocycles. The van der Waals surface area contributed by atoms with E-state index in [9.17, 15) is 0 Å². The molecular weight excluding hydrogens is 797 g/mol. The first kappa shape index (κ1) is 35.3. The maximum absolute atomic E-state index is 6.52. The van der Waals surface area contributed by atoms with Crippen molar-refractivity contribution < 1.29 is 4.74 Å². The highest BCUT2D eigenvalue weighted by Gasteiger charge is 2.44. The zero-order valence-electron chi connectivity index (χ0n) is 35.3. The van der Waals surface area contributed by atoms with Gasteiger partial charge in [0.2, 0.25) is 0 Å². The van der Waals surface area contributed by atoms with E-state index in [0.29, 0.717) is 0 Å². The monoisotopic (exact) mass is 838 g/mol. The molecule has 15 rings (SSSR count). The molecule has 0 N–H and O–H groups in total. The summed E-state index contributed by atoms with van der Waals surface area (Å²) in [7, 11) is 0. The maximum Gasteiger partial charge on any atom is 0.130 e. The highest BCUT2D eigenvalue weighted by atomic mass is 32.1. The lowest BCUT2D eigenvalue weighted by Crippen LogP contribution is -2.28. The summed E-state index contributed by atoms with van der Waals surface area (Å²) in [5.41, 5.74) is 17.1. The Morgan fingerprint density at radius 3 is 2.06 bits per heavy atom. The van der Waals surface area contributed by atoms with Crippen molar-refractivity contribution in [2.75, 3.05) is 0 Å². The summed E-state index contributed by atoms with van der Waals surface area (Å²) in [6, 6.07) is 62.0. The summed E-state index contributed by atoms with van der Waals surface area (Å²) in [4.78, 5) is 0. The summed E-state index contributed by atoms with van der Waals surface area (Å²) in [5, 5.41) is 7.88. The molecule has 1 fully saturated rings. The average Bonchev–Trinajstić information content (AvgIpc) is 4.14. The third-order valence-corrected chi connectivity index (χ3v) is 16.6. The van der Waals surface area contributed by atoms with Gasteiger partial charge in [-0.1, -0.05) is 128 Å². The summed E-state index contributed by atoms with van der Waals surface area (Å²) in [5.74, 6) is 2.32. The first-order valence-corrected chi connectivity index (χ1v) is 23.9. The molecule has 1 spiro atoms. The van der Waals surface area contributed by atoms with Gasteiger partial charge in [0.15, 0.2) is 0 Å². The van der Waals surface area contributed by atoms with Crippen molar-refractivity contribution in [3.63, 3.8) is 0 Å². The molecule has 0 radical (unpaired) electrons. The van der Waals surface area contributed by atoms with Crippen LogP contribution in [0.4, 0.5) is 0 Å². The number of hydrogen-bond acceptors (Lipinski definition) is 2. The van der Waals surface area contributed by atoms with Crippen LogP contribution in [0.2, 0.25) is 0 Å². The van der Waals surface area contributed by atoms with Gasteiger partial charge in [0.25, 0.3) is 0 Å². The van der Waals surface area contributed by atoms with Crippen LogP contribution in [0.15, 0.2) is 182 Å². The van der Waals surface area contributed by atoms with Crippen LogP contribution >= 0.6 is 11.3 Å². The second-order valence-electron chi connectivity index (χ2n) is 18.6. The lowest BCUT2D eigenvalue weighted by atomic mass is 9.67. The number of fused-ring (bicyclic) bond motifs is 17. The number of ether oxygens (including phenoxy) is 1. The van der Waals surface area contributed by atoms with E-state index in [2.05, 4.69) is 185 Å². The zero-order valence-corrected chi connectivity index (χ0v) is 36.1. The second kappa shape index (κ2) is 13.0. The van der Waals surface area contributed by atoms with Gasteiger partial charge < -0.3 is 13.9 Å². The fraction of sp³-hybridized carbons (Fsp3) is 0.133.